The van der Waals surface area contributed by atoms with Crippen LogP contribution in [0.3, 0.4) is 0 Å². The Kier molecular flexibility index (Phi) is 21.2. The van der Waals surface area contributed by atoms with Gasteiger partial charge in [0.1, 0.15) is 34.9 Å². The van der Waals surface area contributed by atoms with Crippen LogP contribution in [-0.2, 0) is 43.4 Å². The maximum atomic E-state index is 13.0. The van der Waals surface area contributed by atoms with Crippen molar-refractivity contribution in [1.82, 2.24) is 20.6 Å². The Morgan fingerprint density at radius 1 is 0.552 bits per heavy atom. The number of hydrogen-bond acceptors (Lipinski definition) is 11. The van der Waals surface area contributed by atoms with Crippen molar-refractivity contribution in [3.63, 3.8) is 0 Å². The van der Waals surface area contributed by atoms with E-state index in [4.69, 9.17) is 20.3 Å². The Morgan fingerprint density at radius 3 is 1.31 bits per heavy atom. The number of carboxylic acids is 1. The van der Waals surface area contributed by atoms with Gasteiger partial charge in [-0.05, 0) is 88.1 Å². The number of ether oxygens (including phenoxy) is 2. The molecule has 15 heteroatoms. The molecule has 2 aromatic heterocycles. The number of pyridine rings is 2. The molecule has 6 aromatic rings. The second kappa shape index (κ2) is 27.0. The quantitative estimate of drug-likeness (QED) is 0.0612. The fourth-order valence-corrected chi connectivity index (χ4v) is 7.36. The van der Waals surface area contributed by atoms with E-state index in [1.807, 2.05) is 109 Å². The third kappa shape index (κ3) is 22.3. The van der Waals surface area contributed by atoms with Crippen molar-refractivity contribution in [1.29, 1.82) is 0 Å². The van der Waals surface area contributed by atoms with Gasteiger partial charge in [0.2, 0.25) is 5.91 Å². The van der Waals surface area contributed by atoms with Gasteiger partial charge in [0.25, 0.3) is 0 Å². The highest BCUT2D eigenvalue weighted by Crippen LogP contribution is 2.24. The number of carboxylic acid groups (broad SMARTS) is 1. The summed E-state index contributed by atoms with van der Waals surface area (Å²) < 4.78 is 10.4. The number of aliphatic carboxylic acids is 1. The first kappa shape index (κ1) is 52.8. The summed E-state index contributed by atoms with van der Waals surface area (Å²) in [6.45, 7) is 10.5. The maximum absolute atomic E-state index is 13.0. The molecular formula is C52H60N6O7S2. The number of anilines is 2. The predicted octanol–water partition coefficient (Wildman–Crippen LogP) is 10.6. The van der Waals surface area contributed by atoms with E-state index in [2.05, 4.69) is 62.3 Å². The normalized spacial score (nSPS) is 11.7. The molecule has 0 saturated heterocycles. The molecular weight excluding hydrogens is 885 g/mol. The van der Waals surface area contributed by atoms with Gasteiger partial charge < -0.3 is 36.3 Å². The molecule has 0 aliphatic rings. The summed E-state index contributed by atoms with van der Waals surface area (Å²) in [6.07, 6.45) is 2.72. The van der Waals surface area contributed by atoms with Crippen molar-refractivity contribution in [3.05, 3.63) is 180 Å². The fraction of sp³-hybridized carbons (Fsp3) is 0.269. The molecule has 2 atom stereocenters. The molecule has 0 bridgehead atoms. The van der Waals surface area contributed by atoms with Crippen molar-refractivity contribution < 1.29 is 33.8 Å². The first-order valence-electron chi connectivity index (χ1n) is 21.5. The van der Waals surface area contributed by atoms with Crippen LogP contribution < -0.4 is 21.7 Å². The maximum Gasteiger partial charge on any atom is 0.408 e. The van der Waals surface area contributed by atoms with Crippen LogP contribution in [0.2, 0.25) is 0 Å². The number of hydrogen-bond donors (Lipinski definition) is 5. The van der Waals surface area contributed by atoms with Gasteiger partial charge in [0.15, 0.2) is 0 Å². The first-order valence-corrected chi connectivity index (χ1v) is 23.5. The molecule has 0 aliphatic heterocycles. The number of nitrogens with zero attached hydrogens (tertiary/aromatic N) is 2. The standard InChI is InChI=1S/C26H29N3O3S.C14H19NO4.C12H12N2S/c1-26(2,3)32-25(31)28-22(16-19-10-6-4-7-11-19)24(30)29-23-15-14-21(17-27-23)33-18-20-12-8-5-9-13-20;1-14(2,3)19-13(18)15-11(12(16)17)9-10-7-5-4-6-8-10;13-12-7-6-11(8-14-12)15-9-10-4-2-1-3-5-10/h4-15,17,22H,16,18H2,1-3H3,(H,28,31)(H,27,29,30);4-8,11H,9H2,1-3H3,(H,15,18)(H,16,17);1-8H,9H2,(H2,13,14)/t22-;11-;/m00./s1. The van der Waals surface area contributed by atoms with Crippen LogP contribution in [0.15, 0.2) is 168 Å². The van der Waals surface area contributed by atoms with Gasteiger partial charge in [-0.25, -0.2) is 24.4 Å². The van der Waals surface area contributed by atoms with Crippen molar-refractivity contribution >= 4 is 59.2 Å². The van der Waals surface area contributed by atoms with E-state index in [0.29, 0.717) is 18.1 Å². The van der Waals surface area contributed by atoms with Gasteiger partial charge in [0.05, 0.1) is 0 Å². The molecule has 0 saturated carbocycles. The number of nitrogens with one attached hydrogen (secondary N) is 3. The minimum Gasteiger partial charge on any atom is -0.480 e. The molecule has 67 heavy (non-hydrogen) atoms. The number of carbonyl (C=O) groups is 4. The van der Waals surface area contributed by atoms with Crippen LogP contribution in [0.1, 0.15) is 63.8 Å². The van der Waals surface area contributed by atoms with Gasteiger partial charge in [-0.15, -0.1) is 23.5 Å². The number of aromatic nitrogens is 2. The molecule has 6 rings (SSSR count). The lowest BCUT2D eigenvalue weighted by atomic mass is 10.1. The molecule has 0 radical (unpaired) electrons. The molecule has 6 N–H and O–H groups in total. The van der Waals surface area contributed by atoms with E-state index < -0.39 is 41.4 Å². The van der Waals surface area contributed by atoms with Gasteiger partial charge in [-0.3, -0.25) is 4.79 Å². The number of amides is 3. The molecule has 3 amide bonds. The number of thioether (sulfide) groups is 2. The average Bonchev–Trinajstić information content (AvgIpc) is 3.29. The average molecular weight is 945 g/mol. The second-order valence-electron chi connectivity index (χ2n) is 17.0. The van der Waals surface area contributed by atoms with Gasteiger partial charge in [0, 0.05) is 46.5 Å². The lowest BCUT2D eigenvalue weighted by molar-refractivity contribution is -0.139. The smallest absolute Gasteiger partial charge is 0.408 e. The zero-order valence-corrected chi connectivity index (χ0v) is 40.3. The lowest BCUT2D eigenvalue weighted by Gasteiger charge is -2.23. The Balaban J connectivity index is 0.000000243. The van der Waals surface area contributed by atoms with Gasteiger partial charge in [-0.1, -0.05) is 121 Å². The van der Waals surface area contributed by atoms with E-state index in [9.17, 15) is 19.2 Å². The van der Waals surface area contributed by atoms with Crippen LogP contribution in [0.25, 0.3) is 0 Å². The topological polar surface area (TPSA) is 195 Å². The zero-order valence-electron chi connectivity index (χ0n) is 38.7. The number of benzene rings is 4. The van der Waals surface area contributed by atoms with E-state index in [0.717, 1.165) is 32.4 Å². The Morgan fingerprint density at radius 2 is 0.940 bits per heavy atom. The lowest BCUT2D eigenvalue weighted by Crippen LogP contribution is -2.47. The zero-order chi connectivity index (χ0) is 48.7. The number of rotatable bonds is 15. The molecule has 0 fully saturated rings. The molecule has 4 aromatic carbocycles. The van der Waals surface area contributed by atoms with Crippen LogP contribution in [0.5, 0.6) is 0 Å². The summed E-state index contributed by atoms with van der Waals surface area (Å²) in [5.41, 5.74) is 8.52. The van der Waals surface area contributed by atoms with Crippen LogP contribution in [0, 0.1) is 0 Å². The largest absolute Gasteiger partial charge is 0.480 e. The second-order valence-corrected chi connectivity index (χ2v) is 19.0. The third-order valence-electron chi connectivity index (χ3n) is 8.81. The minimum absolute atomic E-state index is 0.218. The Bertz CT molecular complexity index is 2400. The SMILES string of the molecule is CC(C)(C)OC(=O)N[C@@H](Cc1ccccc1)C(=O)Nc1ccc(SCc2ccccc2)cn1.CC(C)(C)OC(=O)N[C@@H](Cc1ccccc1)C(=O)O.Nc1ccc(SCc2ccccc2)cn1. The van der Waals surface area contributed by atoms with Crippen LogP contribution in [0.4, 0.5) is 21.2 Å². The minimum atomic E-state index is -1.09. The number of nitrogen functional groups attached to an aromatic ring is 1. The summed E-state index contributed by atoms with van der Waals surface area (Å²) in [5, 5.41) is 17.0. The van der Waals surface area contributed by atoms with E-state index in [1.54, 1.807) is 77.3 Å². The summed E-state index contributed by atoms with van der Waals surface area (Å²) in [7, 11) is 0. The number of alkyl carbamates (subject to hydrolysis) is 2. The number of nitrogens with two attached hydrogens (primary N) is 1. The highest BCUT2D eigenvalue weighted by Gasteiger charge is 2.26. The van der Waals surface area contributed by atoms with E-state index >= 15 is 0 Å². The predicted molar refractivity (Wildman–Crippen MR) is 268 cm³/mol. The monoisotopic (exact) mass is 944 g/mol. The van der Waals surface area contributed by atoms with Crippen molar-refractivity contribution in [2.24, 2.45) is 0 Å². The van der Waals surface area contributed by atoms with Gasteiger partial charge in [-0.2, -0.15) is 0 Å². The summed E-state index contributed by atoms with van der Waals surface area (Å²) in [4.78, 5) is 58.6. The Hall–Kier alpha value is -6.84. The molecule has 0 aliphatic carbocycles. The molecule has 352 valence electrons. The third-order valence-corrected chi connectivity index (χ3v) is 10.9. The summed E-state index contributed by atoms with van der Waals surface area (Å²) in [6, 6.07) is 44.9. The first-order chi connectivity index (χ1) is 31.9. The molecule has 13 nitrogen and oxygen atoms in total. The summed E-state index contributed by atoms with van der Waals surface area (Å²) >= 11 is 3.44. The highest BCUT2D eigenvalue weighted by atomic mass is 32.2. The van der Waals surface area contributed by atoms with Crippen molar-refractivity contribution in [3.8, 4) is 0 Å². The van der Waals surface area contributed by atoms with Gasteiger partial charge >= 0.3 is 18.2 Å². The fourth-order valence-electron chi connectivity index (χ4n) is 5.72. The van der Waals surface area contributed by atoms with Crippen LogP contribution in [-0.4, -0.2) is 62.4 Å². The number of carbonyl (C=O) groups excluding carboxylic acids is 3. The van der Waals surface area contributed by atoms with Crippen molar-refractivity contribution in [2.45, 2.75) is 99.0 Å². The van der Waals surface area contributed by atoms with Crippen LogP contribution >= 0.6 is 23.5 Å². The highest BCUT2D eigenvalue weighted by molar-refractivity contribution is 7.98. The van der Waals surface area contributed by atoms with E-state index in [-0.39, 0.29) is 12.3 Å². The van der Waals surface area contributed by atoms with E-state index in [1.165, 1.54) is 11.1 Å². The molecule has 0 spiro atoms. The Labute approximate surface area is 402 Å². The summed E-state index contributed by atoms with van der Waals surface area (Å²) in [5.74, 6) is 1.35. The molecule has 2 heterocycles. The molecule has 0 unspecified atom stereocenters. The van der Waals surface area contributed by atoms with Crippen molar-refractivity contribution in [2.75, 3.05) is 11.1 Å².